The highest BCUT2D eigenvalue weighted by atomic mass is 32.2. The van der Waals surface area contributed by atoms with Gasteiger partial charge in [0.15, 0.2) is 0 Å². The zero-order valence-corrected chi connectivity index (χ0v) is 18.2. The van der Waals surface area contributed by atoms with Crippen molar-refractivity contribution in [1.82, 2.24) is 25.3 Å². The summed E-state index contributed by atoms with van der Waals surface area (Å²) in [7, 11) is -3.18. The fraction of sp³-hybridized carbons (Fsp3) is 0.667. The monoisotopic (exact) mass is 463 g/mol. The second-order valence-corrected chi connectivity index (χ2v) is 10.3. The van der Waals surface area contributed by atoms with E-state index in [4.69, 9.17) is 5.73 Å². The molecule has 2 aliphatic heterocycles. The summed E-state index contributed by atoms with van der Waals surface area (Å²) in [5, 5.41) is 10.3. The summed E-state index contributed by atoms with van der Waals surface area (Å²) in [5.41, 5.74) is 7.20. The molecule has 0 aliphatic carbocycles. The van der Waals surface area contributed by atoms with E-state index < -0.39 is 34.8 Å². The maximum absolute atomic E-state index is 14.1. The lowest BCUT2D eigenvalue weighted by molar-refractivity contribution is 0.121. The fourth-order valence-corrected chi connectivity index (χ4v) is 4.24. The number of hydrogen-bond acceptors (Lipinski definition) is 8. The lowest BCUT2D eigenvalue weighted by Gasteiger charge is -2.36. The van der Waals surface area contributed by atoms with E-state index in [9.17, 15) is 21.6 Å². The molecule has 13 heteroatoms. The van der Waals surface area contributed by atoms with E-state index in [0.717, 1.165) is 10.9 Å². The van der Waals surface area contributed by atoms with E-state index in [0.29, 0.717) is 11.1 Å². The molecule has 9 nitrogen and oxygen atoms in total. The van der Waals surface area contributed by atoms with Crippen molar-refractivity contribution in [2.24, 2.45) is 10.7 Å². The number of sulfone groups is 1. The topological polar surface area (TPSA) is 118 Å². The lowest BCUT2D eigenvalue weighted by atomic mass is 10.1. The number of hydrogen-bond donors (Lipinski definition) is 3. The average Bonchev–Trinajstić information content (AvgIpc) is 3.27. The van der Waals surface area contributed by atoms with Gasteiger partial charge < -0.3 is 11.1 Å². The molecule has 0 aromatic carbocycles. The number of rotatable bonds is 9. The van der Waals surface area contributed by atoms with Gasteiger partial charge in [-0.25, -0.2) is 26.6 Å². The largest absolute Gasteiger partial charge is 0.384 e. The number of halogens is 3. The molecule has 1 saturated heterocycles. The minimum Gasteiger partial charge on any atom is -0.384 e. The van der Waals surface area contributed by atoms with Crippen LogP contribution in [0.3, 0.4) is 0 Å². The Kier molecular flexibility index (Phi) is 6.96. The van der Waals surface area contributed by atoms with Gasteiger partial charge in [0.2, 0.25) is 5.79 Å². The molecular weight excluding hydrogens is 435 g/mol. The molecule has 31 heavy (non-hydrogen) atoms. The van der Waals surface area contributed by atoms with Gasteiger partial charge in [-0.1, -0.05) is 0 Å². The van der Waals surface area contributed by atoms with Crippen molar-refractivity contribution in [3.8, 4) is 0 Å². The summed E-state index contributed by atoms with van der Waals surface area (Å²) in [4.78, 5) is 6.30. The van der Waals surface area contributed by atoms with Crippen LogP contribution in [0.15, 0.2) is 29.2 Å². The Hall–Kier alpha value is -2.12. The van der Waals surface area contributed by atoms with Gasteiger partial charge in [0.25, 0.3) is 6.43 Å². The fourth-order valence-electron chi connectivity index (χ4n) is 3.68. The normalized spacial score (nSPS) is 27.3. The van der Waals surface area contributed by atoms with Gasteiger partial charge in [0.05, 0.1) is 17.5 Å². The van der Waals surface area contributed by atoms with Gasteiger partial charge >= 0.3 is 0 Å². The van der Waals surface area contributed by atoms with Crippen molar-refractivity contribution >= 4 is 15.7 Å². The summed E-state index contributed by atoms with van der Waals surface area (Å²) in [5.74, 6) is -1.06. The molecule has 2 aliphatic rings. The molecule has 3 heterocycles. The lowest BCUT2D eigenvalue weighted by Crippen LogP contribution is -2.56. The standard InChI is InChI=1S/C18H28F3N7O2S/c1-12-6-23-18(26-17(12)22,13-7-25-28(9-13)11-16(20)21)24-8-15-5-14(19)10-27(15)3-4-31(2,29)30/h6-7,9,14-16,23-24H,3-5,8,10-11H2,1-2H3,(H2,22,26)/t14-,15-,18?/m0/s1. The number of alkyl halides is 3. The Morgan fingerprint density at radius 1 is 1.45 bits per heavy atom. The van der Waals surface area contributed by atoms with Crippen LogP contribution in [-0.4, -0.2) is 79.2 Å². The van der Waals surface area contributed by atoms with Gasteiger partial charge in [-0.15, -0.1) is 0 Å². The predicted octanol–water partition coefficient (Wildman–Crippen LogP) is 0.169. The third kappa shape index (κ3) is 5.98. The first-order valence-electron chi connectivity index (χ1n) is 9.89. The molecule has 1 aromatic rings. The summed E-state index contributed by atoms with van der Waals surface area (Å²) in [6.07, 6.45) is 2.29. The van der Waals surface area contributed by atoms with Crippen molar-refractivity contribution < 1.29 is 21.6 Å². The predicted molar refractivity (Wildman–Crippen MR) is 111 cm³/mol. The van der Waals surface area contributed by atoms with E-state index in [1.165, 1.54) is 12.4 Å². The molecule has 0 bridgehead atoms. The minimum atomic E-state index is -3.18. The van der Waals surface area contributed by atoms with Crippen molar-refractivity contribution in [3.63, 3.8) is 0 Å². The Labute approximate surface area is 179 Å². The molecule has 3 rings (SSSR count). The number of nitrogens with one attached hydrogen (secondary N) is 2. The van der Waals surface area contributed by atoms with Crippen molar-refractivity contribution in [2.45, 2.75) is 44.3 Å². The number of aromatic nitrogens is 2. The highest BCUT2D eigenvalue weighted by molar-refractivity contribution is 7.90. The van der Waals surface area contributed by atoms with E-state index in [1.807, 2.05) is 0 Å². The van der Waals surface area contributed by atoms with Crippen molar-refractivity contribution in [1.29, 1.82) is 0 Å². The van der Waals surface area contributed by atoms with Gasteiger partial charge in [0, 0.05) is 49.9 Å². The number of amidine groups is 1. The molecular formula is C18H28F3N7O2S. The van der Waals surface area contributed by atoms with Gasteiger partial charge in [0.1, 0.15) is 28.4 Å². The summed E-state index contributed by atoms with van der Waals surface area (Å²) < 4.78 is 63.7. The molecule has 174 valence electrons. The highest BCUT2D eigenvalue weighted by Crippen LogP contribution is 2.26. The molecule has 1 unspecified atom stereocenters. The first-order valence-corrected chi connectivity index (χ1v) is 12.0. The Morgan fingerprint density at radius 3 is 2.84 bits per heavy atom. The molecule has 0 saturated carbocycles. The molecule has 4 N–H and O–H groups in total. The Balaban J connectivity index is 1.79. The van der Waals surface area contributed by atoms with Crippen LogP contribution < -0.4 is 16.4 Å². The maximum atomic E-state index is 14.1. The SMILES string of the molecule is CC1=CNC(NC[C@@H]2C[C@H](F)CN2CCS(C)(=O)=O)(c2cnn(CC(F)F)c2)N=C1N. The van der Waals surface area contributed by atoms with Crippen LogP contribution in [0.5, 0.6) is 0 Å². The molecule has 1 aromatic heterocycles. The molecule has 1 fully saturated rings. The average molecular weight is 464 g/mol. The smallest absolute Gasteiger partial charge is 0.257 e. The zero-order chi connectivity index (χ0) is 22.8. The van der Waals surface area contributed by atoms with Crippen LogP contribution in [0.25, 0.3) is 0 Å². The van der Waals surface area contributed by atoms with Crippen LogP contribution in [-0.2, 0) is 22.2 Å². The van der Waals surface area contributed by atoms with E-state index in [1.54, 1.807) is 18.0 Å². The zero-order valence-electron chi connectivity index (χ0n) is 17.4. The Morgan fingerprint density at radius 2 is 2.19 bits per heavy atom. The van der Waals surface area contributed by atoms with E-state index in [-0.39, 0.29) is 43.7 Å². The van der Waals surface area contributed by atoms with Crippen LogP contribution in [0.4, 0.5) is 13.2 Å². The number of likely N-dealkylation sites (tertiary alicyclic amines) is 1. The van der Waals surface area contributed by atoms with Crippen molar-refractivity contribution in [3.05, 3.63) is 29.7 Å². The summed E-state index contributed by atoms with van der Waals surface area (Å²) in [6.45, 7) is 1.85. The van der Waals surface area contributed by atoms with E-state index >= 15 is 0 Å². The number of aliphatic imine (C=N–C) groups is 1. The van der Waals surface area contributed by atoms with Crippen LogP contribution in [0.2, 0.25) is 0 Å². The van der Waals surface area contributed by atoms with Gasteiger partial charge in [-0.2, -0.15) is 5.10 Å². The third-order valence-electron chi connectivity index (χ3n) is 5.39. The highest BCUT2D eigenvalue weighted by Gasteiger charge is 2.38. The van der Waals surface area contributed by atoms with Gasteiger partial charge in [-0.3, -0.25) is 14.9 Å². The number of nitrogens with two attached hydrogens (primary N) is 1. The maximum Gasteiger partial charge on any atom is 0.257 e. The van der Waals surface area contributed by atoms with Crippen LogP contribution >= 0.6 is 0 Å². The summed E-state index contributed by atoms with van der Waals surface area (Å²) >= 11 is 0. The minimum absolute atomic E-state index is 0.0625. The second kappa shape index (κ2) is 9.17. The third-order valence-corrected chi connectivity index (χ3v) is 6.31. The van der Waals surface area contributed by atoms with Crippen molar-refractivity contribution in [2.75, 3.05) is 31.6 Å². The van der Waals surface area contributed by atoms with Crippen LogP contribution in [0.1, 0.15) is 18.9 Å². The van der Waals surface area contributed by atoms with Crippen LogP contribution in [0, 0.1) is 0 Å². The first kappa shape index (κ1) is 23.5. The first-order chi connectivity index (χ1) is 14.5. The summed E-state index contributed by atoms with van der Waals surface area (Å²) in [6, 6.07) is -0.269. The molecule has 0 spiro atoms. The van der Waals surface area contributed by atoms with E-state index in [2.05, 4.69) is 20.7 Å². The second-order valence-electron chi connectivity index (χ2n) is 8.01. The molecule has 0 radical (unpaired) electrons. The Bertz CT molecular complexity index is 950. The number of nitrogens with zero attached hydrogens (tertiary/aromatic N) is 4. The quantitative estimate of drug-likeness (QED) is 0.478. The molecule has 0 amide bonds. The van der Waals surface area contributed by atoms with Gasteiger partial charge in [-0.05, 0) is 13.3 Å². The molecule has 3 atom stereocenters.